The van der Waals surface area contributed by atoms with Gasteiger partial charge in [0.1, 0.15) is 11.3 Å². The van der Waals surface area contributed by atoms with Crippen LogP contribution in [-0.2, 0) is 22.4 Å². The second-order valence-corrected chi connectivity index (χ2v) is 10.6. The number of aryl methyl sites for hydroxylation is 1. The highest BCUT2D eigenvalue weighted by Crippen LogP contribution is 2.50. The summed E-state index contributed by atoms with van der Waals surface area (Å²) in [5.41, 5.74) is -7.06. The maximum atomic E-state index is 13.6. The van der Waals surface area contributed by atoms with Crippen molar-refractivity contribution in [2.75, 3.05) is 13.4 Å². The van der Waals surface area contributed by atoms with Crippen LogP contribution >= 0.6 is 0 Å². The third-order valence-corrected chi connectivity index (χ3v) is 7.80. The molecule has 2 unspecified atom stereocenters. The molecule has 3 amide bonds. The number of fused-ring (bicyclic) bond motifs is 1. The minimum atomic E-state index is -6.00. The zero-order chi connectivity index (χ0) is 31.8. The lowest BCUT2D eigenvalue weighted by molar-refractivity contribution is -0.376. The van der Waals surface area contributed by atoms with Crippen LogP contribution in [0.1, 0.15) is 63.1 Å². The molecule has 2 heterocycles. The van der Waals surface area contributed by atoms with Crippen molar-refractivity contribution in [3.63, 3.8) is 0 Å². The number of amides is 3. The fourth-order valence-electron chi connectivity index (χ4n) is 5.38. The predicted octanol–water partition coefficient (Wildman–Crippen LogP) is 6.08. The van der Waals surface area contributed by atoms with Gasteiger partial charge in [-0.25, -0.2) is 4.79 Å². The molecule has 4 rings (SSSR count). The van der Waals surface area contributed by atoms with Crippen molar-refractivity contribution in [2.45, 2.75) is 82.4 Å². The first-order valence-corrected chi connectivity index (χ1v) is 13.8. The molecule has 2 atom stereocenters. The lowest BCUT2D eigenvalue weighted by atomic mass is 9.86. The number of ether oxygens (including phenoxy) is 3. The Balaban J connectivity index is 1.43. The molecular formula is C29H32F6N2O6. The summed E-state index contributed by atoms with van der Waals surface area (Å²) in [5, 5.41) is 12.6. The van der Waals surface area contributed by atoms with Gasteiger partial charge < -0.3 is 24.6 Å². The largest absolute Gasteiger partial charge is 0.493 e. The number of hydrogen-bond donors (Lipinski definition) is 2. The summed E-state index contributed by atoms with van der Waals surface area (Å²) >= 11 is 0. The van der Waals surface area contributed by atoms with Crippen LogP contribution in [0.5, 0.6) is 17.2 Å². The van der Waals surface area contributed by atoms with Crippen LogP contribution in [0.4, 0.5) is 31.1 Å². The number of aliphatic hydroxyl groups is 1. The number of carbonyl (C=O) groups is 2. The normalized spacial score (nSPS) is 19.5. The maximum absolute atomic E-state index is 13.6. The predicted molar refractivity (Wildman–Crippen MR) is 141 cm³/mol. The first kappa shape index (κ1) is 32.2. The Hall–Kier alpha value is -3.68. The Labute approximate surface area is 243 Å². The molecule has 0 bridgehead atoms. The topological polar surface area (TPSA) is 97.3 Å². The van der Waals surface area contributed by atoms with Gasteiger partial charge in [0.2, 0.25) is 6.79 Å². The second kappa shape index (κ2) is 11.8. The molecule has 14 heteroatoms. The van der Waals surface area contributed by atoms with E-state index in [2.05, 4.69) is 5.32 Å². The van der Waals surface area contributed by atoms with Crippen LogP contribution < -0.4 is 19.5 Å². The molecule has 236 valence electrons. The van der Waals surface area contributed by atoms with Crippen LogP contribution in [0.3, 0.4) is 0 Å². The van der Waals surface area contributed by atoms with Crippen molar-refractivity contribution in [2.24, 2.45) is 0 Å². The van der Waals surface area contributed by atoms with Crippen molar-refractivity contribution < 1.29 is 55.2 Å². The number of halogens is 6. The van der Waals surface area contributed by atoms with Gasteiger partial charge in [-0.3, -0.25) is 9.69 Å². The number of rotatable bonds is 11. The lowest BCUT2D eigenvalue weighted by Crippen LogP contribution is -2.53. The summed E-state index contributed by atoms with van der Waals surface area (Å²) in [5.74, 6) is 0.640. The Bertz CT molecular complexity index is 1350. The Morgan fingerprint density at radius 2 is 1.70 bits per heavy atom. The summed E-state index contributed by atoms with van der Waals surface area (Å²) in [6, 6.07) is 6.09. The number of carbonyl (C=O) groups excluding carboxylic acids is 2. The molecule has 2 N–H and O–H groups in total. The van der Waals surface area contributed by atoms with E-state index in [9.17, 15) is 41.0 Å². The summed E-state index contributed by atoms with van der Waals surface area (Å²) in [6.07, 6.45) is -10.6. The molecule has 2 aliphatic rings. The van der Waals surface area contributed by atoms with Crippen molar-refractivity contribution in [3.05, 3.63) is 53.1 Å². The fourth-order valence-corrected chi connectivity index (χ4v) is 5.38. The molecule has 1 fully saturated rings. The zero-order valence-corrected chi connectivity index (χ0v) is 23.7. The fraction of sp³-hybridized carbons (Fsp3) is 0.517. The third kappa shape index (κ3) is 5.68. The maximum Gasteiger partial charge on any atom is 0.430 e. The van der Waals surface area contributed by atoms with E-state index in [4.69, 9.17) is 14.2 Å². The van der Waals surface area contributed by atoms with E-state index in [0.29, 0.717) is 48.5 Å². The average molecular weight is 619 g/mol. The number of nitrogens with one attached hydrogen (secondary N) is 1. The van der Waals surface area contributed by atoms with Gasteiger partial charge in [0.25, 0.3) is 11.5 Å². The van der Waals surface area contributed by atoms with Crippen LogP contribution in [0.2, 0.25) is 0 Å². The van der Waals surface area contributed by atoms with Gasteiger partial charge in [0.15, 0.2) is 11.5 Å². The van der Waals surface area contributed by atoms with Gasteiger partial charge in [-0.05, 0) is 68.0 Å². The van der Waals surface area contributed by atoms with Crippen LogP contribution in [0.25, 0.3) is 0 Å². The number of urea groups is 1. The lowest BCUT2D eigenvalue weighted by Gasteiger charge is -2.33. The summed E-state index contributed by atoms with van der Waals surface area (Å²) in [7, 11) is 0. The molecule has 0 spiro atoms. The molecule has 43 heavy (non-hydrogen) atoms. The molecule has 2 aliphatic heterocycles. The van der Waals surface area contributed by atoms with Crippen LogP contribution in [0.15, 0.2) is 36.4 Å². The molecule has 2 aromatic carbocycles. The Kier molecular flexibility index (Phi) is 8.83. The van der Waals surface area contributed by atoms with E-state index in [-0.39, 0.29) is 37.6 Å². The molecule has 8 nitrogen and oxygen atoms in total. The minimum Gasteiger partial charge on any atom is -0.493 e. The first-order valence-electron chi connectivity index (χ1n) is 13.8. The van der Waals surface area contributed by atoms with Crippen LogP contribution in [-0.4, -0.2) is 53.7 Å². The zero-order valence-electron chi connectivity index (χ0n) is 23.7. The highest BCUT2D eigenvalue weighted by atomic mass is 19.4. The van der Waals surface area contributed by atoms with Gasteiger partial charge in [-0.2, -0.15) is 26.3 Å². The molecule has 0 radical (unpaired) electrons. The Morgan fingerprint density at radius 1 is 1.02 bits per heavy atom. The monoisotopic (exact) mass is 618 g/mol. The van der Waals surface area contributed by atoms with E-state index in [1.165, 1.54) is 0 Å². The van der Waals surface area contributed by atoms with E-state index >= 15 is 0 Å². The van der Waals surface area contributed by atoms with E-state index in [0.717, 1.165) is 11.0 Å². The van der Waals surface area contributed by atoms with Gasteiger partial charge in [-0.15, -0.1) is 0 Å². The van der Waals surface area contributed by atoms with E-state index in [1.807, 2.05) is 0 Å². The second-order valence-electron chi connectivity index (χ2n) is 10.6. The standard InChI is InChI=1S/C29H32F6N2O6/c1-4-7-18-14-20(27(40,28(30,31)32)29(33,34)35)10-11-21(18)41-13-6-8-17(3)37-24(38)26(5-2,36-25(37)39)19-9-12-22-23(15-19)43-16-42-22/h9-12,14-15,17,40H,4-8,13,16H2,1-3H3,(H,36,39). The number of hydrogen-bond acceptors (Lipinski definition) is 6. The number of alkyl halides is 6. The number of benzene rings is 2. The third-order valence-electron chi connectivity index (χ3n) is 7.80. The molecule has 1 saturated heterocycles. The molecular weight excluding hydrogens is 586 g/mol. The van der Waals surface area contributed by atoms with Crippen molar-refractivity contribution >= 4 is 11.9 Å². The number of imide groups is 1. The SMILES string of the molecule is CCCc1cc(C(O)(C(F)(F)F)C(F)(F)F)ccc1OCCCC(C)N1C(=O)NC(CC)(c2ccc3c(c2)OCO3)C1=O. The molecule has 0 aromatic heterocycles. The van der Waals surface area contributed by atoms with Gasteiger partial charge >= 0.3 is 18.4 Å². The van der Waals surface area contributed by atoms with E-state index in [1.54, 1.807) is 39.0 Å². The summed E-state index contributed by atoms with van der Waals surface area (Å²) in [4.78, 5) is 27.7. The quantitative estimate of drug-likeness (QED) is 0.180. The van der Waals surface area contributed by atoms with Gasteiger partial charge in [0.05, 0.1) is 6.61 Å². The van der Waals surface area contributed by atoms with Gasteiger partial charge in [0, 0.05) is 11.6 Å². The molecule has 0 saturated carbocycles. The summed E-state index contributed by atoms with van der Waals surface area (Å²) in [6.45, 7) is 5.21. The first-order chi connectivity index (χ1) is 20.1. The smallest absolute Gasteiger partial charge is 0.430 e. The van der Waals surface area contributed by atoms with Crippen molar-refractivity contribution in [3.8, 4) is 17.2 Å². The van der Waals surface area contributed by atoms with Crippen LogP contribution in [0, 0.1) is 0 Å². The summed E-state index contributed by atoms with van der Waals surface area (Å²) < 4.78 is 96.6. The Morgan fingerprint density at radius 3 is 2.33 bits per heavy atom. The minimum absolute atomic E-state index is 0.00788. The van der Waals surface area contributed by atoms with Gasteiger partial charge in [-0.1, -0.05) is 32.4 Å². The molecule has 0 aliphatic carbocycles. The van der Waals surface area contributed by atoms with E-state index < -0.39 is 47.0 Å². The number of nitrogens with zero attached hydrogens (tertiary/aromatic N) is 1. The average Bonchev–Trinajstić information content (AvgIpc) is 3.51. The highest BCUT2D eigenvalue weighted by molar-refractivity contribution is 6.07. The van der Waals surface area contributed by atoms with Crippen molar-refractivity contribution in [1.29, 1.82) is 0 Å². The molecule has 2 aromatic rings. The highest BCUT2D eigenvalue weighted by Gasteiger charge is 2.71. The van der Waals surface area contributed by atoms with Crippen molar-refractivity contribution in [1.82, 2.24) is 10.2 Å².